The van der Waals surface area contributed by atoms with Crippen LogP contribution in [0.15, 0.2) is 35.7 Å². The molecule has 2 rings (SSSR count). The van der Waals surface area contributed by atoms with Crippen LogP contribution in [0.3, 0.4) is 0 Å². The van der Waals surface area contributed by atoms with Gasteiger partial charge in [0.15, 0.2) is 0 Å². The van der Waals surface area contributed by atoms with Crippen molar-refractivity contribution in [3.8, 4) is 22.8 Å². The SMILES string of the molecule is C#CC(C)NCc1ccc(F)c(-c2cccs2)c1. The number of hydrogen-bond acceptors (Lipinski definition) is 2. The summed E-state index contributed by atoms with van der Waals surface area (Å²) in [6.45, 7) is 2.56. The molecule has 2 aromatic rings. The van der Waals surface area contributed by atoms with Crippen molar-refractivity contribution in [1.82, 2.24) is 5.32 Å². The number of terminal acetylenes is 1. The third-order valence-corrected chi connectivity index (χ3v) is 3.58. The van der Waals surface area contributed by atoms with Crippen LogP contribution in [-0.2, 0) is 6.54 Å². The van der Waals surface area contributed by atoms with Gasteiger partial charge in [0.25, 0.3) is 0 Å². The summed E-state index contributed by atoms with van der Waals surface area (Å²) in [5, 5.41) is 5.13. The van der Waals surface area contributed by atoms with Gasteiger partial charge in [-0.3, -0.25) is 5.32 Å². The first kappa shape index (κ1) is 12.8. The fourth-order valence-corrected chi connectivity index (χ4v) is 2.38. The summed E-state index contributed by atoms with van der Waals surface area (Å²) in [4.78, 5) is 0.944. The van der Waals surface area contributed by atoms with Crippen molar-refractivity contribution in [2.75, 3.05) is 0 Å². The highest BCUT2D eigenvalue weighted by Gasteiger charge is 2.07. The van der Waals surface area contributed by atoms with Gasteiger partial charge in [0, 0.05) is 17.0 Å². The van der Waals surface area contributed by atoms with Crippen LogP contribution in [0.1, 0.15) is 12.5 Å². The number of nitrogens with one attached hydrogen (secondary N) is 1. The Labute approximate surface area is 111 Å². The second-order valence-corrected chi connectivity index (χ2v) is 5.01. The van der Waals surface area contributed by atoms with Gasteiger partial charge in [0.05, 0.1) is 6.04 Å². The van der Waals surface area contributed by atoms with E-state index in [-0.39, 0.29) is 11.9 Å². The minimum Gasteiger partial charge on any atom is -0.300 e. The predicted octanol–water partition coefficient (Wildman–Crippen LogP) is 3.67. The monoisotopic (exact) mass is 259 g/mol. The lowest BCUT2D eigenvalue weighted by Gasteiger charge is -2.09. The van der Waals surface area contributed by atoms with Crippen LogP contribution in [0, 0.1) is 18.2 Å². The fourth-order valence-electron chi connectivity index (χ4n) is 1.63. The highest BCUT2D eigenvalue weighted by molar-refractivity contribution is 7.13. The van der Waals surface area contributed by atoms with Crippen molar-refractivity contribution in [3.63, 3.8) is 0 Å². The molecule has 92 valence electrons. The molecule has 0 bridgehead atoms. The zero-order valence-electron chi connectivity index (χ0n) is 10.1. The average Bonchev–Trinajstić information content (AvgIpc) is 2.91. The van der Waals surface area contributed by atoms with Crippen molar-refractivity contribution in [3.05, 3.63) is 47.1 Å². The Morgan fingerprint density at radius 3 is 2.94 bits per heavy atom. The van der Waals surface area contributed by atoms with E-state index < -0.39 is 0 Å². The van der Waals surface area contributed by atoms with Gasteiger partial charge < -0.3 is 0 Å². The molecule has 1 heterocycles. The Bertz CT molecular complexity index is 554. The summed E-state index contributed by atoms with van der Waals surface area (Å²) in [5.41, 5.74) is 1.68. The van der Waals surface area contributed by atoms with Gasteiger partial charge in [-0.15, -0.1) is 17.8 Å². The molecule has 18 heavy (non-hydrogen) atoms. The molecule has 3 heteroatoms. The maximum Gasteiger partial charge on any atom is 0.131 e. The number of benzene rings is 1. The lowest BCUT2D eigenvalue weighted by atomic mass is 10.1. The molecule has 1 aromatic heterocycles. The first-order valence-corrected chi connectivity index (χ1v) is 6.60. The largest absolute Gasteiger partial charge is 0.300 e. The van der Waals surface area contributed by atoms with Crippen molar-refractivity contribution < 1.29 is 4.39 Å². The van der Waals surface area contributed by atoms with Gasteiger partial charge in [0.1, 0.15) is 5.82 Å². The summed E-state index contributed by atoms with van der Waals surface area (Å²) < 4.78 is 13.8. The summed E-state index contributed by atoms with van der Waals surface area (Å²) in [5.74, 6) is 2.42. The molecule has 1 unspecified atom stereocenters. The third kappa shape index (κ3) is 2.98. The summed E-state index contributed by atoms with van der Waals surface area (Å²) in [6.07, 6.45) is 5.30. The van der Waals surface area contributed by atoms with Gasteiger partial charge >= 0.3 is 0 Å². The van der Waals surface area contributed by atoms with E-state index in [0.29, 0.717) is 12.1 Å². The van der Waals surface area contributed by atoms with Crippen molar-refractivity contribution in [1.29, 1.82) is 0 Å². The van der Waals surface area contributed by atoms with Crippen LogP contribution in [0.4, 0.5) is 4.39 Å². The molecule has 0 spiro atoms. The summed E-state index contributed by atoms with van der Waals surface area (Å²) in [7, 11) is 0. The van der Waals surface area contributed by atoms with E-state index in [1.807, 2.05) is 30.5 Å². The third-order valence-electron chi connectivity index (χ3n) is 2.68. The van der Waals surface area contributed by atoms with E-state index in [9.17, 15) is 4.39 Å². The topological polar surface area (TPSA) is 12.0 Å². The van der Waals surface area contributed by atoms with E-state index in [1.54, 1.807) is 6.07 Å². The second-order valence-electron chi connectivity index (χ2n) is 4.06. The normalized spacial score (nSPS) is 12.1. The standard InChI is InChI=1S/C15H14FNS/c1-3-11(2)17-10-12-6-7-14(16)13(9-12)15-5-4-8-18-15/h1,4-9,11,17H,10H2,2H3. The van der Waals surface area contributed by atoms with E-state index in [1.165, 1.54) is 17.4 Å². The Kier molecular flexibility index (Phi) is 4.14. The number of rotatable bonds is 4. The minimum absolute atomic E-state index is 0.0141. The Hall–Kier alpha value is -1.63. The van der Waals surface area contributed by atoms with Gasteiger partial charge in [0.2, 0.25) is 0 Å². The Morgan fingerprint density at radius 2 is 2.28 bits per heavy atom. The van der Waals surface area contributed by atoms with Gasteiger partial charge in [-0.2, -0.15) is 0 Å². The van der Waals surface area contributed by atoms with E-state index in [0.717, 1.165) is 10.4 Å². The molecule has 1 nitrogen and oxygen atoms in total. The van der Waals surface area contributed by atoms with Crippen LogP contribution in [0.25, 0.3) is 10.4 Å². The Morgan fingerprint density at radius 1 is 1.44 bits per heavy atom. The molecule has 0 aliphatic carbocycles. The van der Waals surface area contributed by atoms with E-state index in [2.05, 4.69) is 11.2 Å². The van der Waals surface area contributed by atoms with Crippen LogP contribution >= 0.6 is 11.3 Å². The summed E-state index contributed by atoms with van der Waals surface area (Å²) in [6, 6.07) is 9.02. The Balaban J connectivity index is 2.20. The zero-order valence-corrected chi connectivity index (χ0v) is 10.9. The maximum absolute atomic E-state index is 13.8. The predicted molar refractivity (Wildman–Crippen MR) is 74.8 cm³/mol. The van der Waals surface area contributed by atoms with E-state index in [4.69, 9.17) is 6.42 Å². The van der Waals surface area contributed by atoms with Crippen LogP contribution in [-0.4, -0.2) is 6.04 Å². The molecule has 1 aromatic carbocycles. The molecule has 0 aliphatic heterocycles. The molecule has 0 fully saturated rings. The molecular formula is C15H14FNS. The number of halogens is 1. The quantitative estimate of drug-likeness (QED) is 0.826. The molecule has 0 saturated carbocycles. The fraction of sp³-hybridized carbons (Fsp3) is 0.200. The van der Waals surface area contributed by atoms with Crippen molar-refractivity contribution in [2.24, 2.45) is 0 Å². The summed E-state index contributed by atoms with van der Waals surface area (Å²) >= 11 is 1.54. The van der Waals surface area contributed by atoms with Crippen molar-refractivity contribution in [2.45, 2.75) is 19.5 Å². The second kappa shape index (κ2) is 5.81. The smallest absolute Gasteiger partial charge is 0.131 e. The van der Waals surface area contributed by atoms with Crippen LogP contribution in [0.5, 0.6) is 0 Å². The molecule has 0 aliphatic rings. The minimum atomic E-state index is -0.189. The zero-order chi connectivity index (χ0) is 13.0. The lowest BCUT2D eigenvalue weighted by molar-refractivity contribution is 0.625. The van der Waals surface area contributed by atoms with Crippen molar-refractivity contribution >= 4 is 11.3 Å². The maximum atomic E-state index is 13.8. The van der Waals surface area contributed by atoms with Crippen LogP contribution < -0.4 is 5.32 Å². The lowest BCUT2D eigenvalue weighted by Crippen LogP contribution is -2.23. The number of thiophene rings is 1. The molecular weight excluding hydrogens is 245 g/mol. The highest BCUT2D eigenvalue weighted by atomic mass is 32.1. The highest BCUT2D eigenvalue weighted by Crippen LogP contribution is 2.28. The number of hydrogen-bond donors (Lipinski definition) is 1. The first-order chi connectivity index (χ1) is 8.70. The van der Waals surface area contributed by atoms with Gasteiger partial charge in [-0.1, -0.05) is 18.1 Å². The molecule has 0 saturated heterocycles. The van der Waals surface area contributed by atoms with E-state index >= 15 is 0 Å². The van der Waals surface area contributed by atoms with Gasteiger partial charge in [-0.05, 0) is 36.1 Å². The van der Waals surface area contributed by atoms with Crippen LogP contribution in [0.2, 0.25) is 0 Å². The molecule has 1 atom stereocenters. The molecule has 0 amide bonds. The molecule has 1 N–H and O–H groups in total. The molecule has 0 radical (unpaired) electrons. The van der Waals surface area contributed by atoms with Gasteiger partial charge in [-0.25, -0.2) is 4.39 Å². The first-order valence-electron chi connectivity index (χ1n) is 5.72. The average molecular weight is 259 g/mol.